The van der Waals surface area contributed by atoms with Crippen molar-refractivity contribution < 1.29 is 9.84 Å². The van der Waals surface area contributed by atoms with Crippen molar-refractivity contribution in [2.24, 2.45) is 0 Å². The molecule has 0 aliphatic rings. The third kappa shape index (κ3) is 2.06. The highest BCUT2D eigenvalue weighted by molar-refractivity contribution is 5.75. The SMILES string of the molecule is COc1cnnc(C)c1-c1ccc(O)cc1C. The van der Waals surface area contributed by atoms with Crippen LogP contribution in [-0.2, 0) is 0 Å². The van der Waals surface area contributed by atoms with Crippen LogP contribution < -0.4 is 4.74 Å². The topological polar surface area (TPSA) is 55.2 Å². The van der Waals surface area contributed by atoms with Crippen LogP contribution in [0.4, 0.5) is 0 Å². The molecule has 4 heteroatoms. The van der Waals surface area contributed by atoms with Crippen molar-refractivity contribution >= 4 is 0 Å². The second-order valence-electron chi connectivity index (χ2n) is 3.87. The monoisotopic (exact) mass is 230 g/mol. The number of rotatable bonds is 2. The van der Waals surface area contributed by atoms with Gasteiger partial charge in [-0.1, -0.05) is 6.07 Å². The normalized spacial score (nSPS) is 10.3. The van der Waals surface area contributed by atoms with Crippen molar-refractivity contribution in [2.75, 3.05) is 7.11 Å². The molecular formula is C13H14N2O2. The van der Waals surface area contributed by atoms with E-state index in [1.807, 2.05) is 19.9 Å². The molecule has 0 saturated carbocycles. The molecule has 0 unspecified atom stereocenters. The number of hydrogen-bond acceptors (Lipinski definition) is 4. The number of phenolic OH excluding ortho intramolecular Hbond substituents is 1. The average Bonchev–Trinajstić information content (AvgIpc) is 2.30. The molecule has 0 radical (unpaired) electrons. The van der Waals surface area contributed by atoms with Gasteiger partial charge in [-0.2, -0.15) is 10.2 Å². The minimum absolute atomic E-state index is 0.255. The molecular weight excluding hydrogens is 216 g/mol. The second kappa shape index (κ2) is 4.41. The Morgan fingerprint density at radius 1 is 1.24 bits per heavy atom. The van der Waals surface area contributed by atoms with E-state index in [1.165, 1.54) is 0 Å². The third-order valence-corrected chi connectivity index (χ3v) is 2.69. The lowest BCUT2D eigenvalue weighted by Crippen LogP contribution is -1.97. The molecule has 2 aromatic rings. The standard InChI is InChI=1S/C13H14N2O2/c1-8-6-10(16)4-5-11(8)13-9(2)15-14-7-12(13)17-3/h4-7,16H,1-3H3. The number of hydrogen-bond donors (Lipinski definition) is 1. The van der Waals surface area contributed by atoms with Gasteiger partial charge in [0.15, 0.2) is 0 Å². The molecule has 1 aromatic heterocycles. The molecule has 2 rings (SSSR count). The van der Waals surface area contributed by atoms with Gasteiger partial charge in [0.1, 0.15) is 11.5 Å². The Balaban J connectivity index is 2.67. The zero-order chi connectivity index (χ0) is 12.4. The fraction of sp³-hybridized carbons (Fsp3) is 0.231. The van der Waals surface area contributed by atoms with E-state index in [2.05, 4.69) is 10.2 Å². The predicted octanol–water partition coefficient (Wildman–Crippen LogP) is 2.47. The number of nitrogens with zero attached hydrogens (tertiary/aromatic N) is 2. The van der Waals surface area contributed by atoms with E-state index in [0.717, 1.165) is 22.4 Å². The first-order valence-corrected chi connectivity index (χ1v) is 5.29. The number of ether oxygens (including phenoxy) is 1. The molecule has 0 spiro atoms. The van der Waals surface area contributed by atoms with Crippen molar-refractivity contribution in [3.8, 4) is 22.6 Å². The maximum Gasteiger partial charge on any atom is 0.148 e. The maximum absolute atomic E-state index is 9.42. The number of methoxy groups -OCH3 is 1. The van der Waals surface area contributed by atoms with Gasteiger partial charge in [0, 0.05) is 5.56 Å². The van der Waals surface area contributed by atoms with Crippen LogP contribution in [-0.4, -0.2) is 22.4 Å². The van der Waals surface area contributed by atoms with E-state index in [0.29, 0.717) is 5.75 Å². The van der Waals surface area contributed by atoms with E-state index in [4.69, 9.17) is 4.74 Å². The Morgan fingerprint density at radius 2 is 2.00 bits per heavy atom. The Hall–Kier alpha value is -2.10. The lowest BCUT2D eigenvalue weighted by atomic mass is 9.99. The number of aromatic nitrogens is 2. The Morgan fingerprint density at radius 3 is 2.65 bits per heavy atom. The molecule has 17 heavy (non-hydrogen) atoms. The summed E-state index contributed by atoms with van der Waals surface area (Å²) in [4.78, 5) is 0. The Labute approximate surface area is 99.9 Å². The van der Waals surface area contributed by atoms with Crippen LogP contribution in [0.1, 0.15) is 11.3 Å². The van der Waals surface area contributed by atoms with Gasteiger partial charge in [-0.3, -0.25) is 0 Å². The number of aryl methyl sites for hydroxylation is 2. The summed E-state index contributed by atoms with van der Waals surface area (Å²) in [6, 6.07) is 5.23. The van der Waals surface area contributed by atoms with Crippen LogP contribution in [0, 0.1) is 13.8 Å². The summed E-state index contributed by atoms with van der Waals surface area (Å²) in [6.45, 7) is 3.82. The molecule has 88 valence electrons. The minimum Gasteiger partial charge on any atom is -0.508 e. The maximum atomic E-state index is 9.42. The highest BCUT2D eigenvalue weighted by Crippen LogP contribution is 2.34. The third-order valence-electron chi connectivity index (χ3n) is 2.69. The first-order valence-electron chi connectivity index (χ1n) is 5.29. The molecule has 0 fully saturated rings. The smallest absolute Gasteiger partial charge is 0.148 e. The number of phenols is 1. The fourth-order valence-electron chi connectivity index (χ4n) is 1.87. The van der Waals surface area contributed by atoms with Crippen molar-refractivity contribution in [1.29, 1.82) is 0 Å². The van der Waals surface area contributed by atoms with Gasteiger partial charge in [0.05, 0.1) is 19.0 Å². The van der Waals surface area contributed by atoms with Gasteiger partial charge >= 0.3 is 0 Å². The quantitative estimate of drug-likeness (QED) is 0.861. The van der Waals surface area contributed by atoms with Gasteiger partial charge in [0.25, 0.3) is 0 Å². The highest BCUT2D eigenvalue weighted by Gasteiger charge is 2.13. The zero-order valence-electron chi connectivity index (χ0n) is 10.1. The summed E-state index contributed by atoms with van der Waals surface area (Å²) < 4.78 is 5.30. The highest BCUT2D eigenvalue weighted by atomic mass is 16.5. The lowest BCUT2D eigenvalue weighted by molar-refractivity contribution is 0.412. The van der Waals surface area contributed by atoms with Crippen molar-refractivity contribution in [2.45, 2.75) is 13.8 Å². The van der Waals surface area contributed by atoms with E-state index in [1.54, 1.807) is 25.4 Å². The summed E-state index contributed by atoms with van der Waals surface area (Å²) in [7, 11) is 1.61. The van der Waals surface area contributed by atoms with Gasteiger partial charge < -0.3 is 9.84 Å². The zero-order valence-corrected chi connectivity index (χ0v) is 10.1. The number of benzene rings is 1. The van der Waals surface area contributed by atoms with Crippen LogP contribution in [0.15, 0.2) is 24.4 Å². The van der Waals surface area contributed by atoms with Crippen LogP contribution in [0.2, 0.25) is 0 Å². The summed E-state index contributed by atoms with van der Waals surface area (Å²) in [5.41, 5.74) is 3.68. The Bertz CT molecular complexity index is 553. The van der Waals surface area contributed by atoms with Crippen LogP contribution >= 0.6 is 0 Å². The van der Waals surface area contributed by atoms with Crippen molar-refractivity contribution in [3.63, 3.8) is 0 Å². The molecule has 0 atom stereocenters. The predicted molar refractivity (Wildman–Crippen MR) is 65.2 cm³/mol. The summed E-state index contributed by atoms with van der Waals surface area (Å²) in [5.74, 6) is 0.941. The molecule has 4 nitrogen and oxygen atoms in total. The van der Waals surface area contributed by atoms with Gasteiger partial charge in [-0.05, 0) is 37.1 Å². The Kier molecular flexibility index (Phi) is 2.95. The molecule has 0 aliphatic carbocycles. The molecule has 0 bridgehead atoms. The lowest BCUT2D eigenvalue weighted by Gasteiger charge is -2.12. The molecule has 1 N–H and O–H groups in total. The van der Waals surface area contributed by atoms with Crippen LogP contribution in [0.25, 0.3) is 11.1 Å². The molecule has 1 aromatic carbocycles. The van der Waals surface area contributed by atoms with Crippen LogP contribution in [0.3, 0.4) is 0 Å². The molecule has 0 saturated heterocycles. The van der Waals surface area contributed by atoms with E-state index in [-0.39, 0.29) is 5.75 Å². The number of aromatic hydroxyl groups is 1. The van der Waals surface area contributed by atoms with Gasteiger partial charge in [0.2, 0.25) is 0 Å². The average molecular weight is 230 g/mol. The molecule has 0 aliphatic heterocycles. The minimum atomic E-state index is 0.255. The summed E-state index contributed by atoms with van der Waals surface area (Å²) >= 11 is 0. The first-order chi connectivity index (χ1) is 8.13. The van der Waals surface area contributed by atoms with Crippen LogP contribution in [0.5, 0.6) is 11.5 Å². The second-order valence-corrected chi connectivity index (χ2v) is 3.87. The van der Waals surface area contributed by atoms with E-state index in [9.17, 15) is 5.11 Å². The fourth-order valence-corrected chi connectivity index (χ4v) is 1.87. The van der Waals surface area contributed by atoms with Gasteiger partial charge in [-0.15, -0.1) is 0 Å². The van der Waals surface area contributed by atoms with E-state index < -0.39 is 0 Å². The summed E-state index contributed by atoms with van der Waals surface area (Å²) in [6.07, 6.45) is 1.59. The van der Waals surface area contributed by atoms with Crippen molar-refractivity contribution in [1.82, 2.24) is 10.2 Å². The summed E-state index contributed by atoms with van der Waals surface area (Å²) in [5, 5.41) is 17.3. The largest absolute Gasteiger partial charge is 0.508 e. The molecule has 1 heterocycles. The van der Waals surface area contributed by atoms with E-state index >= 15 is 0 Å². The molecule has 0 amide bonds. The van der Waals surface area contributed by atoms with Crippen molar-refractivity contribution in [3.05, 3.63) is 35.7 Å². The van der Waals surface area contributed by atoms with Gasteiger partial charge in [-0.25, -0.2) is 0 Å². The first kappa shape index (κ1) is 11.4.